The smallest absolute Gasteiger partial charge is 0.259 e. The molecule has 4 rings (SSSR count). The third kappa shape index (κ3) is 5.43. The number of rotatable bonds is 8. The van der Waals surface area contributed by atoms with Crippen molar-refractivity contribution in [1.29, 1.82) is 0 Å². The van der Waals surface area contributed by atoms with Crippen molar-refractivity contribution in [3.05, 3.63) is 76.2 Å². The average Bonchev–Trinajstić information content (AvgIpc) is 3.21. The van der Waals surface area contributed by atoms with E-state index < -0.39 is 0 Å². The van der Waals surface area contributed by atoms with E-state index in [-0.39, 0.29) is 24.4 Å². The number of aryl methyl sites for hydroxylation is 1. The van der Waals surface area contributed by atoms with Gasteiger partial charge < -0.3 is 20.7 Å². The van der Waals surface area contributed by atoms with Crippen molar-refractivity contribution in [2.45, 2.75) is 38.6 Å². The van der Waals surface area contributed by atoms with Crippen LogP contribution in [0, 0.1) is 0 Å². The van der Waals surface area contributed by atoms with Gasteiger partial charge in [0.05, 0.1) is 24.9 Å². The van der Waals surface area contributed by atoms with E-state index >= 15 is 0 Å². The van der Waals surface area contributed by atoms with Gasteiger partial charge in [-0.1, -0.05) is 42.5 Å². The highest BCUT2D eigenvalue weighted by atomic mass is 32.1. The molecule has 0 aliphatic heterocycles. The maximum absolute atomic E-state index is 13.3. The van der Waals surface area contributed by atoms with Gasteiger partial charge in [0.25, 0.3) is 5.91 Å². The van der Waals surface area contributed by atoms with E-state index in [0.717, 1.165) is 36.8 Å². The van der Waals surface area contributed by atoms with Crippen LogP contribution in [-0.2, 0) is 17.6 Å². The van der Waals surface area contributed by atoms with Crippen LogP contribution in [0.5, 0.6) is 5.75 Å². The second-order valence-electron chi connectivity index (χ2n) is 8.13. The Morgan fingerprint density at radius 1 is 1.00 bits per heavy atom. The van der Waals surface area contributed by atoms with Gasteiger partial charge in [-0.3, -0.25) is 9.59 Å². The molecular formula is C26H29N3O3S. The number of benzene rings is 2. The van der Waals surface area contributed by atoms with E-state index in [4.69, 9.17) is 4.74 Å². The summed E-state index contributed by atoms with van der Waals surface area (Å²) in [6.45, 7) is 2.19. The minimum Gasteiger partial charge on any atom is -0.495 e. The van der Waals surface area contributed by atoms with Crippen molar-refractivity contribution in [1.82, 2.24) is 5.32 Å². The lowest BCUT2D eigenvalue weighted by molar-refractivity contribution is -0.115. The number of anilines is 2. The molecule has 0 radical (unpaired) electrons. The van der Waals surface area contributed by atoms with Gasteiger partial charge in [-0.2, -0.15) is 0 Å². The summed E-state index contributed by atoms with van der Waals surface area (Å²) in [6.07, 6.45) is 3.93. The molecule has 0 saturated heterocycles. The van der Waals surface area contributed by atoms with Gasteiger partial charge in [0.2, 0.25) is 5.91 Å². The molecule has 172 valence electrons. The second kappa shape index (κ2) is 10.6. The molecule has 6 nitrogen and oxygen atoms in total. The average molecular weight is 464 g/mol. The molecule has 1 aliphatic carbocycles. The number of hydrogen-bond acceptors (Lipinski definition) is 5. The molecule has 2 amide bonds. The lowest BCUT2D eigenvalue weighted by Crippen LogP contribution is -2.30. The van der Waals surface area contributed by atoms with E-state index in [1.54, 1.807) is 13.2 Å². The standard InChI is InChI=1S/C26H29N3O3S/c1-17(18-10-4-3-5-11-18)27-16-23(30)29-26-24(19-12-6-9-15-22(19)33-26)25(31)28-20-13-7-8-14-21(20)32-2/h3-5,7-8,10-11,13-14,17,27H,6,9,12,15-16H2,1-2H3,(H,28,31)(H,29,30)/t17-/m1/s1. The zero-order valence-electron chi connectivity index (χ0n) is 18.9. The fourth-order valence-electron chi connectivity index (χ4n) is 4.10. The predicted octanol–water partition coefficient (Wildman–Crippen LogP) is 5.18. The van der Waals surface area contributed by atoms with Crippen LogP contribution in [0.4, 0.5) is 10.7 Å². The molecule has 3 aromatic rings. The quantitative estimate of drug-likeness (QED) is 0.430. The fraction of sp³-hybridized carbons (Fsp3) is 0.308. The molecule has 1 atom stereocenters. The number of carbonyl (C=O) groups is 2. The Hall–Kier alpha value is -3.16. The summed E-state index contributed by atoms with van der Waals surface area (Å²) in [4.78, 5) is 27.3. The maximum Gasteiger partial charge on any atom is 0.259 e. The van der Waals surface area contributed by atoms with Crippen molar-refractivity contribution < 1.29 is 14.3 Å². The first-order valence-corrected chi connectivity index (χ1v) is 12.1. The van der Waals surface area contributed by atoms with Crippen LogP contribution in [0.1, 0.15) is 52.2 Å². The first-order chi connectivity index (χ1) is 16.1. The normalized spacial score (nSPS) is 13.6. The van der Waals surface area contributed by atoms with Crippen molar-refractivity contribution >= 4 is 33.8 Å². The molecule has 0 spiro atoms. The highest BCUT2D eigenvalue weighted by Gasteiger charge is 2.27. The van der Waals surface area contributed by atoms with E-state index in [2.05, 4.69) is 16.0 Å². The number of carbonyl (C=O) groups excluding carboxylic acids is 2. The molecule has 33 heavy (non-hydrogen) atoms. The van der Waals surface area contributed by atoms with Gasteiger partial charge in [-0.25, -0.2) is 0 Å². The molecule has 2 aromatic carbocycles. The Bertz CT molecular complexity index is 1130. The van der Waals surface area contributed by atoms with Gasteiger partial charge in [0.15, 0.2) is 0 Å². The summed E-state index contributed by atoms with van der Waals surface area (Å²) >= 11 is 1.52. The van der Waals surface area contributed by atoms with Crippen LogP contribution < -0.4 is 20.7 Å². The van der Waals surface area contributed by atoms with E-state index in [1.165, 1.54) is 16.2 Å². The number of methoxy groups -OCH3 is 1. The molecule has 0 saturated carbocycles. The third-order valence-electron chi connectivity index (χ3n) is 5.87. The predicted molar refractivity (Wildman–Crippen MR) is 133 cm³/mol. The van der Waals surface area contributed by atoms with Crippen LogP contribution in [0.3, 0.4) is 0 Å². The molecule has 7 heteroatoms. The number of hydrogen-bond donors (Lipinski definition) is 3. The highest BCUT2D eigenvalue weighted by molar-refractivity contribution is 7.17. The minimum atomic E-state index is -0.222. The van der Waals surface area contributed by atoms with E-state index in [1.807, 2.05) is 55.5 Å². The Morgan fingerprint density at radius 2 is 1.73 bits per heavy atom. The number of para-hydroxylation sites is 2. The van der Waals surface area contributed by atoms with Gasteiger partial charge in [-0.15, -0.1) is 11.3 Å². The number of nitrogens with one attached hydrogen (secondary N) is 3. The summed E-state index contributed by atoms with van der Waals surface area (Å²) in [6, 6.07) is 17.4. The molecule has 3 N–H and O–H groups in total. The molecule has 1 aromatic heterocycles. The summed E-state index contributed by atoms with van der Waals surface area (Å²) in [7, 11) is 1.58. The van der Waals surface area contributed by atoms with Crippen LogP contribution in [0.15, 0.2) is 54.6 Å². The summed E-state index contributed by atoms with van der Waals surface area (Å²) in [5, 5.41) is 9.85. The molecule has 1 aliphatic rings. The number of thiophene rings is 1. The SMILES string of the molecule is COc1ccccc1NC(=O)c1c(NC(=O)CN[C@H](C)c2ccccc2)sc2c1CCCC2. The molecule has 0 fully saturated rings. The van der Waals surface area contributed by atoms with Crippen LogP contribution in [0.25, 0.3) is 0 Å². The summed E-state index contributed by atoms with van der Waals surface area (Å²) in [5.41, 5.74) is 3.36. The first kappa shape index (κ1) is 23.0. The molecular weight excluding hydrogens is 434 g/mol. The summed E-state index contributed by atoms with van der Waals surface area (Å²) < 4.78 is 5.37. The fourth-order valence-corrected chi connectivity index (χ4v) is 5.41. The summed E-state index contributed by atoms with van der Waals surface area (Å²) in [5.74, 6) is 0.210. The largest absolute Gasteiger partial charge is 0.495 e. The third-order valence-corrected chi connectivity index (χ3v) is 7.08. The highest BCUT2D eigenvalue weighted by Crippen LogP contribution is 2.39. The minimum absolute atomic E-state index is 0.0433. The number of amides is 2. The zero-order valence-corrected chi connectivity index (χ0v) is 19.8. The number of ether oxygens (including phenoxy) is 1. The van der Waals surface area contributed by atoms with Crippen molar-refractivity contribution in [2.75, 3.05) is 24.3 Å². The topological polar surface area (TPSA) is 79.5 Å². The van der Waals surface area contributed by atoms with Gasteiger partial charge >= 0.3 is 0 Å². The van der Waals surface area contributed by atoms with Crippen LogP contribution in [-0.4, -0.2) is 25.5 Å². The zero-order chi connectivity index (χ0) is 23.2. The lowest BCUT2D eigenvalue weighted by atomic mass is 9.95. The van der Waals surface area contributed by atoms with Gasteiger partial charge in [-0.05, 0) is 55.9 Å². The van der Waals surface area contributed by atoms with Crippen molar-refractivity contribution in [2.24, 2.45) is 0 Å². The molecule has 0 bridgehead atoms. The molecule has 1 heterocycles. The van der Waals surface area contributed by atoms with Gasteiger partial charge in [0, 0.05) is 10.9 Å². The van der Waals surface area contributed by atoms with Crippen molar-refractivity contribution in [3.63, 3.8) is 0 Å². The first-order valence-electron chi connectivity index (χ1n) is 11.2. The van der Waals surface area contributed by atoms with Crippen LogP contribution in [0.2, 0.25) is 0 Å². The maximum atomic E-state index is 13.3. The van der Waals surface area contributed by atoms with Crippen LogP contribution >= 0.6 is 11.3 Å². The molecule has 0 unspecified atom stereocenters. The van der Waals surface area contributed by atoms with Gasteiger partial charge in [0.1, 0.15) is 10.8 Å². The Labute approximate surface area is 198 Å². The Kier molecular flexibility index (Phi) is 7.42. The Morgan fingerprint density at radius 3 is 2.52 bits per heavy atom. The van der Waals surface area contributed by atoms with E-state index in [9.17, 15) is 9.59 Å². The van der Waals surface area contributed by atoms with Crippen molar-refractivity contribution in [3.8, 4) is 5.75 Å². The monoisotopic (exact) mass is 463 g/mol. The van der Waals surface area contributed by atoms with E-state index in [0.29, 0.717) is 22.0 Å². The Balaban J connectivity index is 1.50. The lowest BCUT2D eigenvalue weighted by Gasteiger charge is -2.15. The number of fused-ring (bicyclic) bond motifs is 1. The second-order valence-corrected chi connectivity index (χ2v) is 9.24.